The first-order valence-corrected chi connectivity index (χ1v) is 8.31. The van der Waals surface area contributed by atoms with Crippen molar-refractivity contribution in [3.8, 4) is 0 Å². The quantitative estimate of drug-likeness (QED) is 0.255. The van der Waals surface area contributed by atoms with E-state index in [0.717, 1.165) is 41.8 Å². The zero-order valence-corrected chi connectivity index (χ0v) is 13.4. The van der Waals surface area contributed by atoms with Gasteiger partial charge in [0.2, 0.25) is 0 Å². The van der Waals surface area contributed by atoms with Crippen LogP contribution in [0.1, 0.15) is 31.2 Å². The molecule has 0 radical (unpaired) electrons. The molecule has 116 valence electrons. The maximum absolute atomic E-state index is 10.6. The van der Waals surface area contributed by atoms with Crippen molar-refractivity contribution in [1.82, 2.24) is 0 Å². The molecule has 0 aliphatic heterocycles. The number of thioether (sulfide) groups is 1. The van der Waals surface area contributed by atoms with E-state index in [9.17, 15) is 5.11 Å². The van der Waals surface area contributed by atoms with Crippen molar-refractivity contribution in [2.75, 3.05) is 24.7 Å². The molecule has 1 aliphatic rings. The van der Waals surface area contributed by atoms with E-state index in [2.05, 4.69) is 5.16 Å². The lowest BCUT2D eigenvalue weighted by Gasteiger charge is -2.31. The van der Waals surface area contributed by atoms with Gasteiger partial charge in [-0.3, -0.25) is 0 Å². The van der Waals surface area contributed by atoms with E-state index in [4.69, 9.17) is 10.9 Å². The topological polar surface area (TPSA) is 82.1 Å². The van der Waals surface area contributed by atoms with Crippen molar-refractivity contribution in [2.45, 2.75) is 36.2 Å². The average Bonchev–Trinajstić information content (AvgIpc) is 2.91. The maximum atomic E-state index is 10.6. The third-order valence-electron chi connectivity index (χ3n) is 4.07. The van der Waals surface area contributed by atoms with Gasteiger partial charge in [-0.1, -0.05) is 24.1 Å². The van der Waals surface area contributed by atoms with Crippen molar-refractivity contribution in [1.29, 1.82) is 0 Å². The molecule has 1 aromatic carbocycles. The van der Waals surface area contributed by atoms with E-state index < -0.39 is 5.60 Å². The van der Waals surface area contributed by atoms with Gasteiger partial charge in [0.15, 0.2) is 5.84 Å². The van der Waals surface area contributed by atoms with Crippen molar-refractivity contribution in [3.05, 3.63) is 23.8 Å². The molecule has 0 heterocycles. The summed E-state index contributed by atoms with van der Waals surface area (Å²) in [5, 5.41) is 22.8. The summed E-state index contributed by atoms with van der Waals surface area (Å²) in [6.45, 7) is 0.552. The zero-order chi connectivity index (χ0) is 15.5. The number of hydrogen-bond acceptors (Lipinski definition) is 5. The van der Waals surface area contributed by atoms with E-state index in [1.165, 1.54) is 0 Å². The Hall–Kier alpha value is -1.40. The van der Waals surface area contributed by atoms with Crippen LogP contribution in [0.3, 0.4) is 0 Å². The molecule has 0 aromatic heterocycles. The Morgan fingerprint density at radius 2 is 2.10 bits per heavy atom. The van der Waals surface area contributed by atoms with Gasteiger partial charge in [0.25, 0.3) is 0 Å². The molecule has 1 saturated carbocycles. The largest absolute Gasteiger partial charge is 0.409 e. The molecule has 0 spiro atoms. The molecule has 0 saturated heterocycles. The highest BCUT2D eigenvalue weighted by molar-refractivity contribution is 7.98. The lowest BCUT2D eigenvalue weighted by molar-refractivity contribution is 0.0559. The summed E-state index contributed by atoms with van der Waals surface area (Å²) < 4.78 is 0. The smallest absolute Gasteiger partial charge is 0.173 e. The summed E-state index contributed by atoms with van der Waals surface area (Å²) in [7, 11) is 1.93. The molecule has 0 amide bonds. The number of nitrogens with zero attached hydrogens (tertiary/aromatic N) is 2. The van der Waals surface area contributed by atoms with Gasteiger partial charge in [-0.25, -0.2) is 0 Å². The Labute approximate surface area is 129 Å². The maximum Gasteiger partial charge on any atom is 0.173 e. The summed E-state index contributed by atoms with van der Waals surface area (Å²) in [4.78, 5) is 2.95. The van der Waals surface area contributed by atoms with Gasteiger partial charge in [-0.2, -0.15) is 0 Å². The van der Waals surface area contributed by atoms with E-state index in [1.807, 2.05) is 36.4 Å². The number of benzene rings is 1. The van der Waals surface area contributed by atoms with Crippen LogP contribution in [0.5, 0.6) is 0 Å². The van der Waals surface area contributed by atoms with Crippen LogP contribution < -0.4 is 10.6 Å². The third-order valence-corrected chi connectivity index (χ3v) is 4.85. The van der Waals surface area contributed by atoms with Crippen LogP contribution in [-0.4, -0.2) is 41.6 Å². The Balaban J connectivity index is 2.34. The van der Waals surface area contributed by atoms with Crippen molar-refractivity contribution in [3.63, 3.8) is 0 Å². The molecule has 0 unspecified atom stereocenters. The summed E-state index contributed by atoms with van der Waals surface area (Å²) in [6, 6.07) is 5.83. The molecule has 4 N–H and O–H groups in total. The fraction of sp³-hybridized carbons (Fsp3) is 0.533. The van der Waals surface area contributed by atoms with E-state index in [-0.39, 0.29) is 5.84 Å². The summed E-state index contributed by atoms with van der Waals surface area (Å²) in [6.07, 6.45) is 5.76. The van der Waals surface area contributed by atoms with Gasteiger partial charge in [-0.05, 0) is 31.2 Å². The van der Waals surface area contributed by atoms with Crippen molar-refractivity contribution >= 4 is 23.3 Å². The second-order valence-corrected chi connectivity index (χ2v) is 6.48. The van der Waals surface area contributed by atoms with Gasteiger partial charge >= 0.3 is 0 Å². The zero-order valence-electron chi connectivity index (χ0n) is 12.5. The summed E-state index contributed by atoms with van der Waals surface area (Å²) >= 11 is 1.55. The molecular weight excluding hydrogens is 286 g/mol. The minimum atomic E-state index is -0.632. The number of rotatable bonds is 5. The number of likely N-dealkylation sites (N-methyl/N-ethyl adjacent to an activating group) is 1. The van der Waals surface area contributed by atoms with Crippen LogP contribution in [0.25, 0.3) is 0 Å². The lowest BCUT2D eigenvalue weighted by atomic mass is 10.0. The normalized spacial score (nSPS) is 18.0. The number of hydrogen-bond donors (Lipinski definition) is 3. The number of oxime groups is 1. The number of aliphatic hydroxyl groups is 1. The molecule has 1 fully saturated rings. The van der Waals surface area contributed by atoms with E-state index >= 15 is 0 Å². The minimum absolute atomic E-state index is 0.0974. The van der Waals surface area contributed by atoms with E-state index in [1.54, 1.807) is 11.8 Å². The van der Waals surface area contributed by atoms with Crippen LogP contribution in [0.15, 0.2) is 28.3 Å². The van der Waals surface area contributed by atoms with Crippen LogP contribution >= 0.6 is 11.8 Å². The van der Waals surface area contributed by atoms with Crippen molar-refractivity contribution < 1.29 is 10.3 Å². The van der Waals surface area contributed by atoms with Gasteiger partial charge < -0.3 is 20.9 Å². The predicted molar refractivity (Wildman–Crippen MR) is 87.4 cm³/mol. The van der Waals surface area contributed by atoms with Gasteiger partial charge in [0.1, 0.15) is 0 Å². The summed E-state index contributed by atoms with van der Waals surface area (Å²) in [5.74, 6) is 0.0974. The summed E-state index contributed by atoms with van der Waals surface area (Å²) in [5.41, 5.74) is 6.81. The highest BCUT2D eigenvalue weighted by atomic mass is 32.2. The third kappa shape index (κ3) is 3.44. The van der Waals surface area contributed by atoms with Crippen molar-refractivity contribution in [2.24, 2.45) is 10.9 Å². The lowest BCUT2D eigenvalue weighted by Crippen LogP contribution is -2.40. The SMILES string of the molecule is CSc1cccc(N(C)CC2(O)CCCC2)c1/C(N)=N/O. The molecule has 5 nitrogen and oxygen atoms in total. The standard InChI is InChI=1S/C15H23N3O2S/c1-18(10-15(19)8-3-4-9-15)11-6-5-7-12(21-2)13(11)14(16)17-20/h5-7,19-20H,3-4,8-10H2,1-2H3,(H2,16,17). The molecule has 0 bridgehead atoms. The Bertz CT molecular complexity index is 528. The number of nitrogens with two attached hydrogens (primary N) is 1. The molecule has 6 heteroatoms. The molecule has 0 atom stereocenters. The minimum Gasteiger partial charge on any atom is -0.409 e. The molecule has 21 heavy (non-hydrogen) atoms. The van der Waals surface area contributed by atoms with Gasteiger partial charge in [0.05, 0.1) is 11.2 Å². The van der Waals surface area contributed by atoms with Crippen LogP contribution in [-0.2, 0) is 0 Å². The average molecular weight is 309 g/mol. The first-order valence-electron chi connectivity index (χ1n) is 7.09. The molecular formula is C15H23N3O2S. The second kappa shape index (κ2) is 6.58. The van der Waals surface area contributed by atoms with E-state index in [0.29, 0.717) is 6.54 Å². The predicted octanol–water partition coefficient (Wildman–Crippen LogP) is 2.24. The first kappa shape index (κ1) is 16.0. The highest BCUT2D eigenvalue weighted by Crippen LogP contribution is 2.34. The monoisotopic (exact) mass is 309 g/mol. The fourth-order valence-electron chi connectivity index (χ4n) is 3.03. The molecule has 2 rings (SSSR count). The van der Waals surface area contributed by atoms with Crippen LogP contribution in [0.4, 0.5) is 5.69 Å². The first-order chi connectivity index (χ1) is 10.0. The fourth-order valence-corrected chi connectivity index (χ4v) is 3.66. The number of anilines is 1. The van der Waals surface area contributed by atoms with Crippen LogP contribution in [0, 0.1) is 0 Å². The molecule has 1 aliphatic carbocycles. The highest BCUT2D eigenvalue weighted by Gasteiger charge is 2.33. The Kier molecular flexibility index (Phi) is 5.00. The van der Waals surface area contributed by atoms with Gasteiger partial charge in [0, 0.05) is 24.2 Å². The molecule has 1 aromatic rings. The van der Waals surface area contributed by atoms with Crippen LogP contribution in [0.2, 0.25) is 0 Å². The number of amidine groups is 1. The second-order valence-electron chi connectivity index (χ2n) is 5.63. The van der Waals surface area contributed by atoms with Gasteiger partial charge in [-0.15, -0.1) is 11.8 Å². The Morgan fingerprint density at radius 1 is 1.43 bits per heavy atom. The Morgan fingerprint density at radius 3 is 2.67 bits per heavy atom.